The molecule has 3 aromatic heterocycles. The Balaban J connectivity index is 2.01. The Labute approximate surface area is 179 Å². The molecule has 3 heterocycles. The van der Waals surface area contributed by atoms with E-state index >= 15 is 0 Å². The van der Waals surface area contributed by atoms with Gasteiger partial charge in [0.1, 0.15) is 11.1 Å². The SMILES string of the molecule is Cc1c(CCCCO)sc2c(N(Cc3cccs3)C(=O)OC(C)(C)C)cnnc12. The van der Waals surface area contributed by atoms with Gasteiger partial charge in [-0.25, -0.2) is 4.79 Å². The number of fused-ring (bicyclic) bond motifs is 1. The molecule has 0 radical (unpaired) electrons. The summed E-state index contributed by atoms with van der Waals surface area (Å²) in [5.74, 6) is 0. The Morgan fingerprint density at radius 3 is 2.76 bits per heavy atom. The van der Waals surface area contributed by atoms with Crippen LogP contribution < -0.4 is 4.90 Å². The second-order valence-corrected chi connectivity index (χ2v) is 10.0. The summed E-state index contributed by atoms with van der Waals surface area (Å²) >= 11 is 3.25. The molecule has 0 bridgehead atoms. The van der Waals surface area contributed by atoms with Crippen LogP contribution in [0.1, 0.15) is 48.9 Å². The molecule has 6 nitrogen and oxygen atoms in total. The summed E-state index contributed by atoms with van der Waals surface area (Å²) in [5, 5.41) is 19.6. The second-order valence-electron chi connectivity index (χ2n) is 7.88. The first-order valence-electron chi connectivity index (χ1n) is 9.67. The molecule has 29 heavy (non-hydrogen) atoms. The van der Waals surface area contributed by atoms with E-state index in [9.17, 15) is 4.79 Å². The molecule has 1 N–H and O–H groups in total. The van der Waals surface area contributed by atoms with Gasteiger partial charge in [-0.3, -0.25) is 4.90 Å². The van der Waals surface area contributed by atoms with Crippen LogP contribution in [-0.4, -0.2) is 33.6 Å². The van der Waals surface area contributed by atoms with Crippen molar-refractivity contribution >= 4 is 44.7 Å². The molecule has 0 fully saturated rings. The van der Waals surface area contributed by atoms with Crippen LogP contribution in [0.3, 0.4) is 0 Å². The van der Waals surface area contributed by atoms with Crippen molar-refractivity contribution < 1.29 is 14.6 Å². The van der Waals surface area contributed by atoms with Gasteiger partial charge in [-0.15, -0.1) is 27.8 Å². The van der Waals surface area contributed by atoms with E-state index in [1.165, 1.54) is 4.88 Å². The highest BCUT2D eigenvalue weighted by molar-refractivity contribution is 7.19. The van der Waals surface area contributed by atoms with Gasteiger partial charge in [0, 0.05) is 16.4 Å². The van der Waals surface area contributed by atoms with E-state index in [-0.39, 0.29) is 6.61 Å². The number of nitrogens with zero attached hydrogens (tertiary/aromatic N) is 3. The predicted octanol–water partition coefficient (Wildman–Crippen LogP) is 5.32. The van der Waals surface area contributed by atoms with Crippen molar-refractivity contribution in [2.45, 2.75) is 59.1 Å². The van der Waals surface area contributed by atoms with Crippen LogP contribution in [-0.2, 0) is 17.7 Å². The average molecular weight is 434 g/mol. The standard InChI is InChI=1S/C21H27N3O3S2/c1-14-17(9-5-6-10-25)29-19-16(12-22-23-18(14)19)24(13-15-8-7-11-28-15)20(26)27-21(2,3)4/h7-8,11-12,25H,5-6,9-10,13H2,1-4H3. The van der Waals surface area contributed by atoms with Gasteiger partial charge in [0.2, 0.25) is 0 Å². The Morgan fingerprint density at radius 1 is 1.31 bits per heavy atom. The number of aromatic nitrogens is 2. The van der Waals surface area contributed by atoms with E-state index in [2.05, 4.69) is 10.2 Å². The topological polar surface area (TPSA) is 75.5 Å². The Morgan fingerprint density at radius 2 is 2.10 bits per heavy atom. The molecule has 0 aromatic carbocycles. The van der Waals surface area contributed by atoms with Crippen molar-refractivity contribution in [3.05, 3.63) is 39.0 Å². The monoisotopic (exact) mass is 433 g/mol. The van der Waals surface area contributed by atoms with Gasteiger partial charge in [0.15, 0.2) is 0 Å². The first kappa shape index (κ1) is 21.7. The summed E-state index contributed by atoms with van der Waals surface area (Å²) in [6.07, 6.45) is 3.82. The number of rotatable bonds is 7. The smallest absolute Gasteiger partial charge is 0.415 e. The molecule has 3 rings (SSSR count). The number of aryl methyl sites for hydroxylation is 2. The molecule has 1 amide bonds. The molecule has 8 heteroatoms. The minimum atomic E-state index is -0.592. The average Bonchev–Trinajstić information content (AvgIpc) is 3.27. The van der Waals surface area contributed by atoms with E-state index < -0.39 is 11.7 Å². The van der Waals surface area contributed by atoms with Crippen molar-refractivity contribution in [3.63, 3.8) is 0 Å². The summed E-state index contributed by atoms with van der Waals surface area (Å²) in [6.45, 7) is 8.25. The molecule has 0 unspecified atom stereocenters. The number of amides is 1. The van der Waals surface area contributed by atoms with Crippen LogP contribution in [0.2, 0.25) is 0 Å². The van der Waals surface area contributed by atoms with Crippen molar-refractivity contribution in [3.8, 4) is 0 Å². The van der Waals surface area contributed by atoms with Gasteiger partial charge in [-0.1, -0.05) is 6.07 Å². The molecular formula is C21H27N3O3S2. The normalized spacial score (nSPS) is 11.8. The van der Waals surface area contributed by atoms with Gasteiger partial charge in [-0.2, -0.15) is 5.10 Å². The van der Waals surface area contributed by atoms with E-state index in [0.717, 1.165) is 45.6 Å². The second kappa shape index (κ2) is 9.19. The molecule has 0 spiro atoms. The van der Waals surface area contributed by atoms with Crippen LogP contribution in [0.25, 0.3) is 10.2 Å². The van der Waals surface area contributed by atoms with Gasteiger partial charge >= 0.3 is 6.09 Å². The third-order valence-corrected chi connectivity index (χ3v) is 6.62. The van der Waals surface area contributed by atoms with Gasteiger partial charge in [0.25, 0.3) is 0 Å². The number of ether oxygens (including phenoxy) is 1. The maximum atomic E-state index is 13.1. The zero-order valence-electron chi connectivity index (χ0n) is 17.3. The lowest BCUT2D eigenvalue weighted by Gasteiger charge is -2.27. The predicted molar refractivity (Wildman–Crippen MR) is 119 cm³/mol. The van der Waals surface area contributed by atoms with Crippen LogP contribution in [0.15, 0.2) is 23.7 Å². The number of unbranched alkanes of at least 4 members (excludes halogenated alkanes) is 1. The number of aliphatic hydroxyl groups is 1. The first-order valence-corrected chi connectivity index (χ1v) is 11.4. The third-order valence-electron chi connectivity index (χ3n) is 4.39. The van der Waals surface area contributed by atoms with E-state index in [4.69, 9.17) is 9.84 Å². The largest absolute Gasteiger partial charge is 0.443 e. The van der Waals surface area contributed by atoms with Crippen molar-refractivity contribution in [1.82, 2.24) is 10.2 Å². The van der Waals surface area contributed by atoms with Crippen LogP contribution in [0.5, 0.6) is 0 Å². The van der Waals surface area contributed by atoms with E-state index in [0.29, 0.717) is 6.54 Å². The zero-order chi connectivity index (χ0) is 21.0. The summed E-state index contributed by atoms with van der Waals surface area (Å²) in [4.78, 5) is 17.0. The Bertz CT molecular complexity index is 962. The molecule has 0 atom stereocenters. The van der Waals surface area contributed by atoms with E-state index in [1.54, 1.807) is 33.8 Å². The number of carbonyl (C=O) groups is 1. The molecule has 156 valence electrons. The highest BCUT2D eigenvalue weighted by atomic mass is 32.1. The fraction of sp³-hybridized carbons (Fsp3) is 0.476. The molecule has 0 aliphatic carbocycles. The fourth-order valence-electron chi connectivity index (χ4n) is 3.00. The number of anilines is 1. The zero-order valence-corrected chi connectivity index (χ0v) is 18.9. The summed E-state index contributed by atoms with van der Waals surface area (Å²) in [6, 6.07) is 3.98. The minimum absolute atomic E-state index is 0.197. The molecule has 0 saturated heterocycles. The molecule has 0 aliphatic rings. The lowest BCUT2D eigenvalue weighted by atomic mass is 10.1. The molecule has 0 saturated carbocycles. The lowest BCUT2D eigenvalue weighted by Crippen LogP contribution is -2.36. The molecular weight excluding hydrogens is 406 g/mol. The number of hydrogen-bond donors (Lipinski definition) is 1. The van der Waals surface area contributed by atoms with Crippen molar-refractivity contribution in [2.24, 2.45) is 0 Å². The van der Waals surface area contributed by atoms with Crippen molar-refractivity contribution in [1.29, 1.82) is 0 Å². The third kappa shape index (κ3) is 5.32. The number of thiophene rings is 2. The summed E-state index contributed by atoms with van der Waals surface area (Å²) in [5.41, 5.74) is 2.05. The van der Waals surface area contributed by atoms with Crippen LogP contribution in [0, 0.1) is 6.92 Å². The highest BCUT2D eigenvalue weighted by Gasteiger charge is 2.27. The number of carbonyl (C=O) groups excluding carboxylic acids is 1. The maximum Gasteiger partial charge on any atom is 0.415 e. The van der Waals surface area contributed by atoms with Crippen molar-refractivity contribution in [2.75, 3.05) is 11.5 Å². The summed E-state index contributed by atoms with van der Waals surface area (Å²) < 4.78 is 6.63. The summed E-state index contributed by atoms with van der Waals surface area (Å²) in [7, 11) is 0. The van der Waals surface area contributed by atoms with Gasteiger partial charge < -0.3 is 9.84 Å². The quantitative estimate of drug-likeness (QED) is 0.511. The Hall–Kier alpha value is -2.03. The Kier molecular flexibility index (Phi) is 6.87. The fourth-order valence-corrected chi connectivity index (χ4v) is 4.99. The van der Waals surface area contributed by atoms with E-state index in [1.807, 2.05) is 45.2 Å². The van der Waals surface area contributed by atoms with Gasteiger partial charge in [-0.05, 0) is 64.0 Å². The van der Waals surface area contributed by atoms with Gasteiger partial charge in [0.05, 0.1) is 23.1 Å². The maximum absolute atomic E-state index is 13.1. The number of aliphatic hydroxyl groups excluding tert-OH is 1. The first-order chi connectivity index (χ1) is 13.8. The highest BCUT2D eigenvalue weighted by Crippen LogP contribution is 2.37. The minimum Gasteiger partial charge on any atom is -0.443 e. The molecule has 3 aromatic rings. The molecule has 0 aliphatic heterocycles. The number of hydrogen-bond acceptors (Lipinski definition) is 7. The van der Waals surface area contributed by atoms with Crippen LogP contribution >= 0.6 is 22.7 Å². The lowest BCUT2D eigenvalue weighted by molar-refractivity contribution is 0.0578. The van der Waals surface area contributed by atoms with Crippen LogP contribution in [0.4, 0.5) is 10.5 Å².